The van der Waals surface area contributed by atoms with Crippen molar-refractivity contribution in [1.82, 2.24) is 40.3 Å². The fraction of sp³-hybridized carbons (Fsp3) is 0.327. The SMILES string of the molecule is COc1cc(N2CCN(C[C@H]3CCN(c4ccc(C(=O)NC5CCC(=O)NC5=O)nc4)C3)CC2)c(-c2cnn(C)c2)cc1Nc1ncc(Br)c(Nc2ccc(-c3ccccc3)cc2P(C)(C)=O)n1. The summed E-state index contributed by atoms with van der Waals surface area (Å²) in [7, 11) is 0.859. The number of amides is 3. The Morgan fingerprint density at radius 1 is 0.868 bits per heavy atom. The molecule has 0 spiro atoms. The standard InChI is InChI=1S/C49H54BrN12O5P/c1-59-30-34(25-53-59)36-23-41(56-49-52-27-37(50)46(58-49)54-38-12-10-33(22-44(38)68(3,4)66)32-8-6-5-7-9-32)43(67-2)24-42(36)61-20-18-60(19-21-61)28-31-16-17-62(29-31)35-11-13-39(51-26-35)47(64)55-40-14-15-45(63)57-48(40)65/h5-13,22-27,30-31,40H,14-21,28-29H2,1-4H3,(H,55,64)(H,57,63,65)(H2,52,54,56,58)/t31-,40?/m1/s1. The summed E-state index contributed by atoms with van der Waals surface area (Å²) in [6.45, 7) is 9.76. The summed E-state index contributed by atoms with van der Waals surface area (Å²) in [5.74, 6) is 0.715. The number of benzene rings is 3. The van der Waals surface area contributed by atoms with Crippen LogP contribution in [0.15, 0.2) is 102 Å². The number of rotatable bonds is 14. The number of aryl methyl sites for hydroxylation is 1. The number of piperazine rings is 1. The van der Waals surface area contributed by atoms with Crippen molar-refractivity contribution in [3.8, 4) is 28.0 Å². The fourth-order valence-corrected chi connectivity index (χ4v) is 10.5. The highest BCUT2D eigenvalue weighted by Crippen LogP contribution is 2.43. The van der Waals surface area contributed by atoms with Gasteiger partial charge in [-0.05, 0) is 89.5 Å². The summed E-state index contributed by atoms with van der Waals surface area (Å²) in [6, 6.07) is 23.0. The van der Waals surface area contributed by atoms with Crippen molar-refractivity contribution < 1.29 is 23.7 Å². The number of hydrogen-bond donors (Lipinski definition) is 4. The first-order valence-corrected chi connectivity index (χ1v) is 26.0. The Kier molecular flexibility index (Phi) is 13.6. The second kappa shape index (κ2) is 19.9. The first-order chi connectivity index (χ1) is 32.8. The summed E-state index contributed by atoms with van der Waals surface area (Å²) < 4.78 is 22.1. The number of imide groups is 1. The summed E-state index contributed by atoms with van der Waals surface area (Å²) in [5, 5.41) is 17.0. The van der Waals surface area contributed by atoms with Gasteiger partial charge in [0.15, 0.2) is 0 Å². The van der Waals surface area contributed by atoms with Crippen LogP contribution in [0, 0.1) is 5.92 Å². The van der Waals surface area contributed by atoms with Gasteiger partial charge in [-0.25, -0.2) is 9.97 Å². The first kappa shape index (κ1) is 46.5. The second-order valence-corrected chi connectivity index (χ2v) is 21.9. The van der Waals surface area contributed by atoms with Gasteiger partial charge < -0.3 is 35.1 Å². The van der Waals surface area contributed by atoms with Crippen molar-refractivity contribution in [3.63, 3.8) is 0 Å². The largest absolute Gasteiger partial charge is 0.494 e. The first-order valence-electron chi connectivity index (χ1n) is 22.6. The number of nitrogens with zero attached hydrogens (tertiary/aromatic N) is 8. The number of piperidine rings is 1. The zero-order valence-electron chi connectivity index (χ0n) is 38.4. The van der Waals surface area contributed by atoms with Gasteiger partial charge in [0.2, 0.25) is 17.8 Å². The predicted octanol–water partition coefficient (Wildman–Crippen LogP) is 6.63. The number of methoxy groups -OCH3 is 1. The van der Waals surface area contributed by atoms with Crippen LogP contribution in [0.5, 0.6) is 5.75 Å². The van der Waals surface area contributed by atoms with E-state index in [1.54, 1.807) is 43.6 Å². The van der Waals surface area contributed by atoms with E-state index in [0.29, 0.717) is 39.3 Å². The van der Waals surface area contributed by atoms with E-state index in [-0.39, 0.29) is 24.4 Å². The smallest absolute Gasteiger partial charge is 0.270 e. The zero-order valence-corrected chi connectivity index (χ0v) is 40.9. The Labute approximate surface area is 403 Å². The minimum atomic E-state index is -2.71. The predicted molar refractivity (Wildman–Crippen MR) is 269 cm³/mol. The number of nitrogens with one attached hydrogen (secondary N) is 4. The molecule has 17 nitrogen and oxygen atoms in total. The van der Waals surface area contributed by atoms with Crippen LogP contribution in [0.4, 0.5) is 34.5 Å². The third kappa shape index (κ3) is 10.6. The Morgan fingerprint density at radius 2 is 1.68 bits per heavy atom. The lowest BCUT2D eigenvalue weighted by atomic mass is 10.0. The van der Waals surface area contributed by atoms with Crippen molar-refractivity contribution in [1.29, 1.82) is 0 Å². The molecule has 4 N–H and O–H groups in total. The minimum Gasteiger partial charge on any atom is -0.494 e. The molecule has 3 aliphatic rings. The van der Waals surface area contributed by atoms with Gasteiger partial charge in [-0.1, -0.05) is 36.4 Å². The van der Waals surface area contributed by atoms with Crippen molar-refractivity contribution >= 4 is 80.6 Å². The second-order valence-electron chi connectivity index (χ2n) is 17.8. The van der Waals surface area contributed by atoms with Crippen LogP contribution in [0.25, 0.3) is 22.3 Å². The molecule has 0 radical (unpaired) electrons. The fourth-order valence-electron chi connectivity index (χ4n) is 9.07. The monoisotopic (exact) mass is 1000 g/mol. The van der Waals surface area contributed by atoms with E-state index in [9.17, 15) is 18.9 Å². The number of ether oxygens (including phenoxy) is 1. The van der Waals surface area contributed by atoms with Crippen LogP contribution < -0.4 is 41.1 Å². The highest BCUT2D eigenvalue weighted by molar-refractivity contribution is 9.10. The van der Waals surface area contributed by atoms with Crippen LogP contribution >= 0.6 is 23.1 Å². The van der Waals surface area contributed by atoms with Crippen LogP contribution in [0.2, 0.25) is 0 Å². The summed E-state index contributed by atoms with van der Waals surface area (Å²) in [4.78, 5) is 57.6. The molecule has 19 heteroatoms. The zero-order chi connectivity index (χ0) is 47.5. The molecular formula is C49H54BrN12O5P. The summed E-state index contributed by atoms with van der Waals surface area (Å²) >= 11 is 3.63. The maximum atomic E-state index is 13.6. The van der Waals surface area contributed by atoms with Gasteiger partial charge in [0.25, 0.3) is 5.91 Å². The average molecular weight is 1000 g/mol. The van der Waals surface area contributed by atoms with Crippen molar-refractivity contribution in [3.05, 3.63) is 108 Å². The molecule has 3 aromatic carbocycles. The maximum absolute atomic E-state index is 13.6. The number of anilines is 6. The van der Waals surface area contributed by atoms with Crippen LogP contribution in [0.1, 0.15) is 29.8 Å². The van der Waals surface area contributed by atoms with Crippen molar-refractivity contribution in [2.24, 2.45) is 13.0 Å². The van der Waals surface area contributed by atoms with Crippen LogP contribution in [-0.2, 0) is 21.2 Å². The van der Waals surface area contributed by atoms with E-state index in [0.717, 1.165) is 91.2 Å². The molecule has 6 aromatic rings. The van der Waals surface area contributed by atoms with Gasteiger partial charge in [-0.2, -0.15) is 10.1 Å². The molecule has 3 saturated heterocycles. The molecule has 2 atom stereocenters. The van der Waals surface area contributed by atoms with Gasteiger partial charge >= 0.3 is 0 Å². The van der Waals surface area contributed by atoms with E-state index in [1.807, 2.05) is 74.0 Å². The highest BCUT2D eigenvalue weighted by Gasteiger charge is 2.31. The van der Waals surface area contributed by atoms with E-state index in [4.69, 9.17) is 9.72 Å². The van der Waals surface area contributed by atoms with E-state index in [1.165, 1.54) is 0 Å². The quantitative estimate of drug-likeness (QED) is 0.0672. The third-order valence-electron chi connectivity index (χ3n) is 12.7. The molecule has 9 rings (SSSR count). The molecule has 3 fully saturated rings. The number of aromatic nitrogens is 5. The Bertz CT molecular complexity index is 2890. The topological polar surface area (TPSA) is 192 Å². The number of carbonyl (C=O) groups is 3. The average Bonchev–Trinajstić information content (AvgIpc) is 4.00. The van der Waals surface area contributed by atoms with Gasteiger partial charge in [-0.15, -0.1) is 0 Å². The molecule has 68 heavy (non-hydrogen) atoms. The molecule has 0 saturated carbocycles. The molecule has 3 amide bonds. The lowest BCUT2D eigenvalue weighted by Gasteiger charge is -2.38. The van der Waals surface area contributed by atoms with Crippen LogP contribution in [-0.4, -0.2) is 120 Å². The molecule has 0 aliphatic carbocycles. The molecule has 0 bridgehead atoms. The number of hydrogen-bond acceptors (Lipinski definition) is 14. The number of carbonyl (C=O) groups excluding carboxylic acids is 3. The Hall–Kier alpha value is -6.62. The van der Waals surface area contributed by atoms with E-state index < -0.39 is 25.0 Å². The number of halogens is 1. The third-order valence-corrected chi connectivity index (χ3v) is 14.8. The molecule has 3 aliphatic heterocycles. The highest BCUT2D eigenvalue weighted by atomic mass is 79.9. The number of pyridine rings is 1. The Balaban J connectivity index is 0.857. The van der Waals surface area contributed by atoms with Crippen molar-refractivity contribution in [2.75, 3.05) is 86.7 Å². The normalized spacial score (nSPS) is 17.8. The lowest BCUT2D eigenvalue weighted by Crippen LogP contribution is -2.52. The Morgan fingerprint density at radius 3 is 2.38 bits per heavy atom. The van der Waals surface area contributed by atoms with Gasteiger partial charge in [0.1, 0.15) is 30.4 Å². The lowest BCUT2D eigenvalue weighted by molar-refractivity contribution is -0.134. The maximum Gasteiger partial charge on any atom is 0.270 e. The van der Waals surface area contributed by atoms with Crippen LogP contribution in [0.3, 0.4) is 0 Å². The molecule has 1 unspecified atom stereocenters. The summed E-state index contributed by atoms with van der Waals surface area (Å²) in [6.07, 6.45) is 8.80. The summed E-state index contributed by atoms with van der Waals surface area (Å²) in [5.41, 5.74) is 7.61. The van der Waals surface area contributed by atoms with E-state index >= 15 is 0 Å². The van der Waals surface area contributed by atoms with Crippen molar-refractivity contribution in [2.45, 2.75) is 25.3 Å². The van der Waals surface area contributed by atoms with Gasteiger partial charge in [0, 0.05) is 99.9 Å². The van der Waals surface area contributed by atoms with Gasteiger partial charge in [-0.3, -0.25) is 29.3 Å². The van der Waals surface area contributed by atoms with E-state index in [2.05, 4.69) is 79.1 Å². The molecular weight excluding hydrogens is 947 g/mol. The molecule has 6 heterocycles. The minimum absolute atomic E-state index is 0.190. The van der Waals surface area contributed by atoms with Gasteiger partial charge in [0.05, 0.1) is 41.0 Å². The molecule has 3 aromatic heterocycles. The molecule has 352 valence electrons.